The van der Waals surface area contributed by atoms with Crippen molar-refractivity contribution in [2.45, 2.75) is 30.3 Å². The van der Waals surface area contributed by atoms with Crippen LogP contribution in [0.1, 0.15) is 19.8 Å². The molecule has 0 aromatic rings. The van der Waals surface area contributed by atoms with Gasteiger partial charge in [0.15, 0.2) is 0 Å². The van der Waals surface area contributed by atoms with Crippen molar-refractivity contribution < 1.29 is 0 Å². The Morgan fingerprint density at radius 3 is 2.29 bits per heavy atom. The molecular formula is C6H10S. The highest BCUT2D eigenvalue weighted by Gasteiger charge is 2.42. The molecule has 2 saturated heterocycles. The van der Waals surface area contributed by atoms with Gasteiger partial charge in [-0.2, -0.15) is 11.8 Å². The van der Waals surface area contributed by atoms with Gasteiger partial charge in [0.2, 0.25) is 0 Å². The topological polar surface area (TPSA) is 0 Å². The minimum Gasteiger partial charge on any atom is -0.155 e. The normalized spacial score (nSPS) is 57.0. The maximum absolute atomic E-state index is 2.38. The minimum atomic E-state index is 1.05. The molecule has 2 aliphatic heterocycles. The molecule has 3 atom stereocenters. The molecule has 1 aliphatic carbocycles. The number of thioether (sulfide) groups is 1. The molecule has 0 nitrogen and oxygen atoms in total. The molecule has 2 bridgehead atoms. The lowest BCUT2D eigenvalue weighted by atomic mass is 10.1. The molecule has 3 rings (SSSR count). The number of hydrogen-bond donors (Lipinski definition) is 0. The van der Waals surface area contributed by atoms with Gasteiger partial charge in [-0.05, 0) is 18.8 Å². The highest BCUT2D eigenvalue weighted by Crippen LogP contribution is 2.52. The third kappa shape index (κ3) is 0.449. The first-order valence-electron chi connectivity index (χ1n) is 3.02. The van der Waals surface area contributed by atoms with E-state index in [9.17, 15) is 0 Å². The van der Waals surface area contributed by atoms with Crippen molar-refractivity contribution in [1.29, 1.82) is 0 Å². The van der Waals surface area contributed by atoms with Gasteiger partial charge in [0, 0.05) is 10.5 Å². The molecule has 2 heterocycles. The Labute approximate surface area is 48.7 Å². The zero-order chi connectivity index (χ0) is 4.85. The maximum atomic E-state index is 2.38. The van der Waals surface area contributed by atoms with Gasteiger partial charge in [-0.1, -0.05) is 6.92 Å². The smallest absolute Gasteiger partial charge is 0.00864 e. The second kappa shape index (κ2) is 1.19. The Bertz CT molecular complexity index is 84.2. The third-order valence-corrected chi connectivity index (χ3v) is 3.91. The molecule has 7 heavy (non-hydrogen) atoms. The van der Waals surface area contributed by atoms with Gasteiger partial charge in [0.25, 0.3) is 0 Å². The second-order valence-electron chi connectivity index (χ2n) is 2.75. The molecule has 3 fully saturated rings. The average molecular weight is 114 g/mol. The van der Waals surface area contributed by atoms with Crippen LogP contribution in [0.4, 0.5) is 0 Å². The van der Waals surface area contributed by atoms with Crippen LogP contribution in [0.3, 0.4) is 0 Å². The summed E-state index contributed by atoms with van der Waals surface area (Å²) >= 11 is 2.20. The SMILES string of the molecule is CC1CC2CC1S2. The van der Waals surface area contributed by atoms with Gasteiger partial charge in [-0.15, -0.1) is 0 Å². The summed E-state index contributed by atoms with van der Waals surface area (Å²) in [4.78, 5) is 0. The van der Waals surface area contributed by atoms with Gasteiger partial charge in [-0.3, -0.25) is 0 Å². The van der Waals surface area contributed by atoms with Crippen LogP contribution in [0.2, 0.25) is 0 Å². The first-order valence-corrected chi connectivity index (χ1v) is 3.96. The number of fused-ring (bicyclic) bond motifs is 1. The van der Waals surface area contributed by atoms with E-state index >= 15 is 0 Å². The lowest BCUT2D eigenvalue weighted by Gasteiger charge is -2.22. The van der Waals surface area contributed by atoms with Crippen LogP contribution in [-0.2, 0) is 0 Å². The van der Waals surface area contributed by atoms with Crippen molar-refractivity contribution in [3.63, 3.8) is 0 Å². The average Bonchev–Trinajstić information content (AvgIpc) is 1.85. The fraction of sp³-hybridized carbons (Fsp3) is 1.00. The summed E-state index contributed by atoms with van der Waals surface area (Å²) in [6, 6.07) is 0. The zero-order valence-corrected chi connectivity index (χ0v) is 5.37. The summed E-state index contributed by atoms with van der Waals surface area (Å²) in [7, 11) is 0. The molecule has 1 heteroatoms. The maximum Gasteiger partial charge on any atom is 0.00864 e. The van der Waals surface area contributed by atoms with Gasteiger partial charge in [-0.25, -0.2) is 0 Å². The Hall–Kier alpha value is 0.350. The lowest BCUT2D eigenvalue weighted by Crippen LogP contribution is -2.15. The van der Waals surface area contributed by atoms with E-state index in [2.05, 4.69) is 18.7 Å². The van der Waals surface area contributed by atoms with E-state index in [-0.39, 0.29) is 0 Å². The minimum absolute atomic E-state index is 1.05. The van der Waals surface area contributed by atoms with Crippen LogP contribution in [-0.4, -0.2) is 10.5 Å². The van der Waals surface area contributed by atoms with Gasteiger partial charge >= 0.3 is 0 Å². The van der Waals surface area contributed by atoms with Crippen LogP contribution in [0.25, 0.3) is 0 Å². The van der Waals surface area contributed by atoms with Crippen molar-refractivity contribution in [2.24, 2.45) is 5.92 Å². The van der Waals surface area contributed by atoms with Crippen molar-refractivity contribution in [3.8, 4) is 0 Å². The number of rotatable bonds is 0. The fourth-order valence-electron chi connectivity index (χ4n) is 1.58. The summed E-state index contributed by atoms with van der Waals surface area (Å²) in [5.41, 5.74) is 0. The van der Waals surface area contributed by atoms with E-state index in [0.29, 0.717) is 0 Å². The molecule has 0 amide bonds. The van der Waals surface area contributed by atoms with E-state index in [1.54, 1.807) is 0 Å². The predicted octanol–water partition coefficient (Wildman–Crippen LogP) is 1.90. The van der Waals surface area contributed by atoms with E-state index < -0.39 is 0 Å². The van der Waals surface area contributed by atoms with Crippen LogP contribution in [0.5, 0.6) is 0 Å². The Morgan fingerprint density at radius 1 is 1.43 bits per heavy atom. The molecule has 0 N–H and O–H groups in total. The third-order valence-electron chi connectivity index (χ3n) is 2.13. The predicted molar refractivity (Wildman–Crippen MR) is 33.6 cm³/mol. The standard InChI is InChI=1S/C6H10S/c1-4-2-5-3-6(4)7-5/h4-6H,2-3H2,1H3. The van der Waals surface area contributed by atoms with Crippen molar-refractivity contribution in [2.75, 3.05) is 0 Å². The van der Waals surface area contributed by atoms with Crippen LogP contribution in [0, 0.1) is 5.92 Å². The second-order valence-corrected chi connectivity index (χ2v) is 4.29. The van der Waals surface area contributed by atoms with Crippen LogP contribution >= 0.6 is 11.8 Å². The molecule has 0 aromatic heterocycles. The Kier molecular flexibility index (Phi) is 0.724. The molecule has 0 aromatic carbocycles. The van der Waals surface area contributed by atoms with E-state index in [4.69, 9.17) is 0 Å². The molecule has 0 radical (unpaired) electrons. The molecule has 3 unspecified atom stereocenters. The summed E-state index contributed by atoms with van der Waals surface area (Å²) in [6.07, 6.45) is 3.04. The summed E-state index contributed by atoms with van der Waals surface area (Å²) < 4.78 is 0. The zero-order valence-electron chi connectivity index (χ0n) is 4.55. The first kappa shape index (κ1) is 4.25. The fourth-order valence-corrected chi connectivity index (χ4v) is 3.17. The van der Waals surface area contributed by atoms with Crippen LogP contribution in [0.15, 0.2) is 0 Å². The lowest BCUT2D eigenvalue weighted by molar-refractivity contribution is 0.643. The van der Waals surface area contributed by atoms with Gasteiger partial charge < -0.3 is 0 Å². The van der Waals surface area contributed by atoms with Crippen molar-refractivity contribution in [1.82, 2.24) is 0 Å². The Balaban J connectivity index is 2.13. The summed E-state index contributed by atoms with van der Waals surface area (Å²) in [5.74, 6) is 1.05. The molecule has 3 aliphatic rings. The summed E-state index contributed by atoms with van der Waals surface area (Å²) in [6.45, 7) is 2.38. The van der Waals surface area contributed by atoms with E-state index in [1.807, 2.05) is 0 Å². The van der Waals surface area contributed by atoms with E-state index in [1.165, 1.54) is 12.8 Å². The first-order chi connectivity index (χ1) is 3.36. The highest BCUT2D eigenvalue weighted by atomic mass is 32.2. The van der Waals surface area contributed by atoms with Crippen molar-refractivity contribution in [3.05, 3.63) is 0 Å². The highest BCUT2D eigenvalue weighted by molar-refractivity contribution is 8.02. The molecule has 1 saturated carbocycles. The summed E-state index contributed by atoms with van der Waals surface area (Å²) in [5, 5.41) is 2.16. The number of hydrogen-bond acceptors (Lipinski definition) is 1. The Morgan fingerprint density at radius 2 is 2.14 bits per heavy atom. The molecular weight excluding hydrogens is 104 g/mol. The largest absolute Gasteiger partial charge is 0.155 e. The molecule has 0 spiro atoms. The van der Waals surface area contributed by atoms with Crippen molar-refractivity contribution >= 4 is 11.8 Å². The molecule has 40 valence electrons. The van der Waals surface area contributed by atoms with Gasteiger partial charge in [0.1, 0.15) is 0 Å². The van der Waals surface area contributed by atoms with Gasteiger partial charge in [0.05, 0.1) is 0 Å². The van der Waals surface area contributed by atoms with Crippen LogP contribution < -0.4 is 0 Å². The van der Waals surface area contributed by atoms with E-state index in [0.717, 1.165) is 16.4 Å². The quantitative estimate of drug-likeness (QED) is 0.463. The monoisotopic (exact) mass is 114 g/mol.